The summed E-state index contributed by atoms with van der Waals surface area (Å²) in [5.74, 6) is 1.72. The van der Waals surface area contributed by atoms with Gasteiger partial charge in [-0.25, -0.2) is 0 Å². The van der Waals surface area contributed by atoms with Crippen LogP contribution >= 0.6 is 0 Å². The van der Waals surface area contributed by atoms with Gasteiger partial charge in [-0.05, 0) is 13.8 Å². The van der Waals surface area contributed by atoms with E-state index in [0.717, 1.165) is 0 Å². The van der Waals surface area contributed by atoms with Crippen LogP contribution in [0.15, 0.2) is 12.1 Å². The van der Waals surface area contributed by atoms with E-state index in [4.69, 9.17) is 14.2 Å². The molecular weight excluding hydrogens is 208 g/mol. The summed E-state index contributed by atoms with van der Waals surface area (Å²) < 4.78 is 15.6. The fourth-order valence-corrected chi connectivity index (χ4v) is 1.61. The van der Waals surface area contributed by atoms with Gasteiger partial charge < -0.3 is 19.3 Å². The summed E-state index contributed by atoms with van der Waals surface area (Å²) in [6.07, 6.45) is 0. The minimum absolute atomic E-state index is 0.545. The van der Waals surface area contributed by atoms with Crippen LogP contribution in [0.1, 0.15) is 19.4 Å². The van der Waals surface area contributed by atoms with Crippen LogP contribution in [0, 0.1) is 0 Å². The van der Waals surface area contributed by atoms with Gasteiger partial charge in [0, 0.05) is 12.1 Å². The molecule has 0 saturated heterocycles. The van der Waals surface area contributed by atoms with Crippen molar-refractivity contribution in [3.63, 3.8) is 0 Å². The third-order valence-electron chi connectivity index (χ3n) is 2.33. The van der Waals surface area contributed by atoms with Gasteiger partial charge in [-0.2, -0.15) is 0 Å². The second-order valence-corrected chi connectivity index (χ2v) is 3.97. The Balaban J connectivity index is 3.44. The highest BCUT2D eigenvalue weighted by atomic mass is 16.5. The number of methoxy groups -OCH3 is 3. The predicted molar refractivity (Wildman–Crippen MR) is 61.3 cm³/mol. The van der Waals surface area contributed by atoms with Crippen molar-refractivity contribution < 1.29 is 19.3 Å². The van der Waals surface area contributed by atoms with Crippen LogP contribution in [-0.4, -0.2) is 26.4 Å². The number of hydrogen-bond acceptors (Lipinski definition) is 4. The highest BCUT2D eigenvalue weighted by Gasteiger charge is 2.26. The average molecular weight is 226 g/mol. The maximum absolute atomic E-state index is 10.1. The molecule has 0 amide bonds. The maximum Gasteiger partial charge on any atom is 0.132 e. The minimum Gasteiger partial charge on any atom is -0.496 e. The average Bonchev–Trinajstić information content (AvgIpc) is 2.25. The van der Waals surface area contributed by atoms with Gasteiger partial charge in [-0.15, -0.1) is 0 Å². The number of hydrogen-bond donors (Lipinski definition) is 1. The molecule has 0 unspecified atom stereocenters. The summed E-state index contributed by atoms with van der Waals surface area (Å²) in [6.45, 7) is 3.36. The normalized spacial score (nSPS) is 11.1. The first-order valence-electron chi connectivity index (χ1n) is 4.97. The van der Waals surface area contributed by atoms with Crippen LogP contribution in [0.2, 0.25) is 0 Å². The van der Waals surface area contributed by atoms with E-state index in [1.54, 1.807) is 47.3 Å². The lowest BCUT2D eigenvalue weighted by Gasteiger charge is -2.24. The molecule has 1 N–H and O–H groups in total. The first-order chi connectivity index (χ1) is 7.43. The molecule has 0 saturated carbocycles. The molecule has 0 aliphatic carbocycles. The largest absolute Gasteiger partial charge is 0.496 e. The molecule has 0 aromatic heterocycles. The van der Waals surface area contributed by atoms with Crippen molar-refractivity contribution in [1.82, 2.24) is 0 Å². The van der Waals surface area contributed by atoms with Crippen LogP contribution < -0.4 is 14.2 Å². The van der Waals surface area contributed by atoms with Gasteiger partial charge in [0.1, 0.15) is 17.2 Å². The minimum atomic E-state index is -1.04. The Kier molecular flexibility index (Phi) is 3.65. The molecule has 0 spiro atoms. The first-order valence-corrected chi connectivity index (χ1v) is 4.97. The fourth-order valence-electron chi connectivity index (χ4n) is 1.61. The number of rotatable bonds is 4. The molecule has 1 aromatic rings. The van der Waals surface area contributed by atoms with Gasteiger partial charge in [-0.1, -0.05) is 0 Å². The Morgan fingerprint density at radius 3 is 1.62 bits per heavy atom. The van der Waals surface area contributed by atoms with E-state index < -0.39 is 5.60 Å². The summed E-state index contributed by atoms with van der Waals surface area (Å²) >= 11 is 0. The molecule has 1 rings (SSSR count). The second-order valence-electron chi connectivity index (χ2n) is 3.97. The van der Waals surface area contributed by atoms with Crippen LogP contribution in [0.25, 0.3) is 0 Å². The Bertz CT molecular complexity index is 341. The third-order valence-corrected chi connectivity index (χ3v) is 2.33. The summed E-state index contributed by atoms with van der Waals surface area (Å²) in [5.41, 5.74) is -0.429. The molecule has 0 fully saturated rings. The second kappa shape index (κ2) is 4.61. The zero-order valence-corrected chi connectivity index (χ0v) is 10.3. The van der Waals surface area contributed by atoms with Crippen LogP contribution in [-0.2, 0) is 5.60 Å². The summed E-state index contributed by atoms with van der Waals surface area (Å²) in [7, 11) is 4.66. The molecule has 0 heterocycles. The quantitative estimate of drug-likeness (QED) is 0.852. The lowest BCUT2D eigenvalue weighted by molar-refractivity contribution is 0.0725. The number of aliphatic hydroxyl groups is 1. The lowest BCUT2D eigenvalue weighted by atomic mass is 9.96. The van der Waals surface area contributed by atoms with Gasteiger partial charge in [0.25, 0.3) is 0 Å². The number of ether oxygens (including phenoxy) is 3. The van der Waals surface area contributed by atoms with Crippen molar-refractivity contribution in [3.8, 4) is 17.2 Å². The van der Waals surface area contributed by atoms with Crippen molar-refractivity contribution in [2.75, 3.05) is 21.3 Å². The molecule has 0 radical (unpaired) electrons. The van der Waals surface area contributed by atoms with Crippen molar-refractivity contribution in [1.29, 1.82) is 0 Å². The van der Waals surface area contributed by atoms with E-state index in [1.807, 2.05) is 0 Å². The molecule has 0 aliphatic heterocycles. The summed E-state index contributed by atoms with van der Waals surface area (Å²) in [5, 5.41) is 10.1. The molecular formula is C12H18O4. The Morgan fingerprint density at radius 1 is 0.938 bits per heavy atom. The van der Waals surface area contributed by atoms with Gasteiger partial charge in [0.15, 0.2) is 0 Å². The first kappa shape index (κ1) is 12.6. The molecule has 1 aromatic carbocycles. The van der Waals surface area contributed by atoms with E-state index in [2.05, 4.69) is 0 Å². The van der Waals surface area contributed by atoms with Gasteiger partial charge >= 0.3 is 0 Å². The van der Waals surface area contributed by atoms with Crippen LogP contribution in [0.5, 0.6) is 17.2 Å². The smallest absolute Gasteiger partial charge is 0.132 e. The molecule has 4 nitrogen and oxygen atoms in total. The summed E-state index contributed by atoms with van der Waals surface area (Å²) in [6, 6.07) is 3.44. The maximum atomic E-state index is 10.1. The molecule has 0 atom stereocenters. The number of benzene rings is 1. The fraction of sp³-hybridized carbons (Fsp3) is 0.500. The molecule has 16 heavy (non-hydrogen) atoms. The van der Waals surface area contributed by atoms with Crippen LogP contribution in [0.4, 0.5) is 0 Å². The third kappa shape index (κ3) is 2.39. The Labute approximate surface area is 95.8 Å². The molecule has 90 valence electrons. The van der Waals surface area contributed by atoms with Crippen molar-refractivity contribution in [2.45, 2.75) is 19.4 Å². The van der Waals surface area contributed by atoms with Gasteiger partial charge in [0.2, 0.25) is 0 Å². The van der Waals surface area contributed by atoms with E-state index in [-0.39, 0.29) is 0 Å². The topological polar surface area (TPSA) is 47.9 Å². The molecule has 0 aliphatic rings. The van der Waals surface area contributed by atoms with E-state index in [0.29, 0.717) is 22.8 Å². The van der Waals surface area contributed by atoms with Gasteiger partial charge in [-0.3, -0.25) is 0 Å². The van der Waals surface area contributed by atoms with E-state index >= 15 is 0 Å². The predicted octanol–water partition coefficient (Wildman–Crippen LogP) is 1.94. The van der Waals surface area contributed by atoms with Crippen LogP contribution in [0.3, 0.4) is 0 Å². The highest BCUT2D eigenvalue weighted by molar-refractivity contribution is 5.53. The van der Waals surface area contributed by atoms with Crippen molar-refractivity contribution >= 4 is 0 Å². The van der Waals surface area contributed by atoms with Crippen molar-refractivity contribution in [2.24, 2.45) is 0 Å². The standard InChI is InChI=1S/C12H18O4/c1-12(2,13)11-9(15-4)6-8(14-3)7-10(11)16-5/h6-7,13H,1-5H3. The lowest BCUT2D eigenvalue weighted by Crippen LogP contribution is -2.18. The molecule has 4 heteroatoms. The monoisotopic (exact) mass is 226 g/mol. The Morgan fingerprint density at radius 2 is 1.38 bits per heavy atom. The Hall–Kier alpha value is -1.42. The SMILES string of the molecule is COc1cc(OC)c(C(C)(C)O)c(OC)c1. The highest BCUT2D eigenvalue weighted by Crippen LogP contribution is 2.40. The summed E-state index contributed by atoms with van der Waals surface area (Å²) in [4.78, 5) is 0. The molecule has 0 bridgehead atoms. The zero-order chi connectivity index (χ0) is 12.3. The van der Waals surface area contributed by atoms with Gasteiger partial charge in [0.05, 0.1) is 32.5 Å². The van der Waals surface area contributed by atoms with Crippen molar-refractivity contribution in [3.05, 3.63) is 17.7 Å². The van der Waals surface area contributed by atoms with E-state index in [9.17, 15) is 5.11 Å². The van der Waals surface area contributed by atoms with E-state index in [1.165, 1.54) is 0 Å². The zero-order valence-electron chi connectivity index (χ0n) is 10.3.